The number of nitrogens with zero attached hydrogens (tertiary/aromatic N) is 2. The van der Waals surface area contributed by atoms with Crippen molar-refractivity contribution in [3.05, 3.63) is 63.1 Å². The highest BCUT2D eigenvalue weighted by molar-refractivity contribution is 8.93. The molecule has 2 heterocycles. The summed E-state index contributed by atoms with van der Waals surface area (Å²) in [7, 11) is 0. The molecule has 1 spiro atoms. The van der Waals surface area contributed by atoms with Crippen molar-refractivity contribution >= 4 is 28.8 Å². The van der Waals surface area contributed by atoms with Gasteiger partial charge >= 0.3 is 0 Å². The smallest absolute Gasteiger partial charge is 0.274 e. The lowest BCUT2D eigenvalue weighted by Crippen LogP contribution is -2.61. The van der Waals surface area contributed by atoms with Gasteiger partial charge in [-0.25, -0.2) is 8.78 Å². The average Bonchev–Trinajstić information content (AvgIpc) is 2.70. The Kier molecular flexibility index (Phi) is 6.43. The Morgan fingerprint density at radius 1 is 1.28 bits per heavy atom. The number of aliphatic hydroxyl groups is 1. The molecule has 1 fully saturated rings. The Hall–Kier alpha value is -2.79. The Morgan fingerprint density at radius 3 is 2.56 bits per heavy atom. The number of amides is 2. The molecule has 0 bridgehead atoms. The zero-order chi connectivity index (χ0) is 22.5. The number of aromatic hydroxyl groups is 1. The van der Waals surface area contributed by atoms with E-state index >= 15 is 0 Å². The Morgan fingerprint density at radius 2 is 1.97 bits per heavy atom. The van der Waals surface area contributed by atoms with E-state index < -0.39 is 51.8 Å². The molecule has 1 aromatic carbocycles. The maximum absolute atomic E-state index is 13.8. The van der Waals surface area contributed by atoms with Crippen LogP contribution in [0.1, 0.15) is 46.2 Å². The van der Waals surface area contributed by atoms with Crippen LogP contribution in [-0.4, -0.2) is 50.7 Å². The van der Waals surface area contributed by atoms with E-state index in [1.807, 2.05) is 0 Å². The summed E-state index contributed by atoms with van der Waals surface area (Å²) in [4.78, 5) is 39.6. The van der Waals surface area contributed by atoms with Crippen molar-refractivity contribution in [2.24, 2.45) is 0 Å². The van der Waals surface area contributed by atoms with E-state index in [1.54, 1.807) is 6.92 Å². The molecule has 1 aromatic heterocycles. The van der Waals surface area contributed by atoms with E-state index in [0.29, 0.717) is 25.5 Å². The Labute approximate surface area is 192 Å². The van der Waals surface area contributed by atoms with Gasteiger partial charge in [0.25, 0.3) is 11.8 Å². The highest BCUT2D eigenvalue weighted by atomic mass is 79.9. The summed E-state index contributed by atoms with van der Waals surface area (Å²) in [5.41, 5.74) is -2.37. The largest absolute Gasteiger partial charge is 0.503 e. The van der Waals surface area contributed by atoms with Gasteiger partial charge in [-0.2, -0.15) is 0 Å². The molecule has 1 saturated carbocycles. The molecule has 0 atom stereocenters. The number of nitrogens with one attached hydrogen (secondary N) is 1. The van der Waals surface area contributed by atoms with Gasteiger partial charge in [-0.15, -0.1) is 17.0 Å². The molecule has 172 valence electrons. The number of carbonyl (C=O) groups excluding carboxylic acids is 2. The van der Waals surface area contributed by atoms with Crippen LogP contribution in [-0.2, 0) is 12.1 Å². The molecule has 0 radical (unpaired) electrons. The lowest BCUT2D eigenvalue weighted by atomic mass is 9.72. The first-order valence-corrected chi connectivity index (χ1v) is 9.85. The van der Waals surface area contributed by atoms with Crippen molar-refractivity contribution in [1.29, 1.82) is 0 Å². The third kappa shape index (κ3) is 3.79. The summed E-state index contributed by atoms with van der Waals surface area (Å²) >= 11 is 0. The number of hydrogen-bond acceptors (Lipinski definition) is 5. The van der Waals surface area contributed by atoms with E-state index in [4.69, 9.17) is 0 Å². The maximum Gasteiger partial charge on any atom is 0.274 e. The maximum atomic E-state index is 13.8. The third-order valence-electron chi connectivity index (χ3n) is 5.98. The standard InChI is InChI=1S/C21H21F2N3O5.BrH/c1-2-25-10-21(6-13(27)7-21)26-9-14(17(28)18(29)16(26)20(25)31)19(30)24-8-11-3-4-12(22)5-15(11)23;/h3-5,9,13,27,29H,2,6-8,10H2,1H3,(H,24,30);1H/t13-,21-;. The Balaban J connectivity index is 0.00000289. The number of hydrogen-bond donors (Lipinski definition) is 3. The number of fused-ring (bicyclic) bond motifs is 2. The zero-order valence-corrected chi connectivity index (χ0v) is 18.8. The molecule has 1 aliphatic carbocycles. The van der Waals surface area contributed by atoms with Crippen LogP contribution in [0.4, 0.5) is 8.78 Å². The predicted octanol–water partition coefficient (Wildman–Crippen LogP) is 1.67. The second-order valence-corrected chi connectivity index (χ2v) is 7.96. The van der Waals surface area contributed by atoms with Crippen molar-refractivity contribution in [2.75, 3.05) is 13.1 Å². The molecule has 2 amide bonds. The lowest BCUT2D eigenvalue weighted by Gasteiger charge is -2.53. The normalized spacial score (nSPS) is 21.6. The van der Waals surface area contributed by atoms with Gasteiger partial charge in [0.1, 0.15) is 17.2 Å². The number of benzene rings is 1. The molecule has 4 rings (SSSR count). The van der Waals surface area contributed by atoms with Crippen LogP contribution in [0.15, 0.2) is 29.2 Å². The second kappa shape index (κ2) is 8.62. The van der Waals surface area contributed by atoms with Gasteiger partial charge in [0, 0.05) is 37.5 Å². The van der Waals surface area contributed by atoms with E-state index in [-0.39, 0.29) is 41.3 Å². The van der Waals surface area contributed by atoms with Crippen molar-refractivity contribution in [3.8, 4) is 5.75 Å². The van der Waals surface area contributed by atoms with E-state index in [1.165, 1.54) is 21.7 Å². The van der Waals surface area contributed by atoms with Gasteiger partial charge in [0.15, 0.2) is 11.4 Å². The first-order valence-electron chi connectivity index (χ1n) is 9.85. The number of carbonyl (C=O) groups is 2. The van der Waals surface area contributed by atoms with Gasteiger partial charge in [-0.3, -0.25) is 14.4 Å². The van der Waals surface area contributed by atoms with Gasteiger partial charge in [-0.05, 0) is 25.8 Å². The average molecular weight is 514 g/mol. The number of aliphatic hydroxyl groups excluding tert-OH is 1. The number of rotatable bonds is 4. The molecule has 8 nitrogen and oxygen atoms in total. The van der Waals surface area contributed by atoms with Gasteiger partial charge < -0.3 is 25.0 Å². The van der Waals surface area contributed by atoms with E-state index in [9.17, 15) is 33.4 Å². The summed E-state index contributed by atoms with van der Waals surface area (Å²) in [6.07, 6.45) is 1.21. The molecule has 2 aromatic rings. The Bertz CT molecular complexity index is 1150. The van der Waals surface area contributed by atoms with Crippen molar-refractivity contribution < 1.29 is 28.6 Å². The van der Waals surface area contributed by atoms with Crippen LogP contribution in [0.2, 0.25) is 0 Å². The predicted molar refractivity (Wildman–Crippen MR) is 115 cm³/mol. The van der Waals surface area contributed by atoms with Crippen LogP contribution in [0.25, 0.3) is 0 Å². The third-order valence-corrected chi connectivity index (χ3v) is 5.98. The highest BCUT2D eigenvalue weighted by Crippen LogP contribution is 2.44. The number of pyridine rings is 1. The number of halogens is 3. The molecular weight excluding hydrogens is 492 g/mol. The minimum atomic E-state index is -1.02. The first-order chi connectivity index (χ1) is 14.7. The summed E-state index contributed by atoms with van der Waals surface area (Å²) in [5, 5.41) is 22.8. The van der Waals surface area contributed by atoms with Crippen LogP contribution >= 0.6 is 17.0 Å². The van der Waals surface area contributed by atoms with Crippen molar-refractivity contribution in [2.45, 2.75) is 38.0 Å². The monoisotopic (exact) mass is 513 g/mol. The minimum Gasteiger partial charge on any atom is -0.503 e. The van der Waals surface area contributed by atoms with Crippen molar-refractivity contribution in [1.82, 2.24) is 14.8 Å². The fraction of sp³-hybridized carbons (Fsp3) is 0.381. The molecular formula is C21H22BrF2N3O5. The molecule has 11 heteroatoms. The minimum absolute atomic E-state index is 0. The summed E-state index contributed by atoms with van der Waals surface area (Å²) in [5.74, 6) is -3.86. The fourth-order valence-corrected chi connectivity index (χ4v) is 4.33. The van der Waals surface area contributed by atoms with E-state index in [0.717, 1.165) is 6.07 Å². The number of likely N-dealkylation sites (N-methyl/N-ethyl adjacent to an activating group) is 1. The van der Waals surface area contributed by atoms with E-state index in [2.05, 4.69) is 5.32 Å². The summed E-state index contributed by atoms with van der Waals surface area (Å²) < 4.78 is 28.3. The van der Waals surface area contributed by atoms with Crippen LogP contribution in [0.3, 0.4) is 0 Å². The van der Waals surface area contributed by atoms with Crippen LogP contribution < -0.4 is 10.7 Å². The molecule has 0 unspecified atom stereocenters. The highest BCUT2D eigenvalue weighted by Gasteiger charge is 2.52. The molecule has 2 aliphatic rings. The van der Waals surface area contributed by atoms with Gasteiger partial charge in [-0.1, -0.05) is 6.07 Å². The van der Waals surface area contributed by atoms with Crippen LogP contribution in [0, 0.1) is 11.6 Å². The molecule has 1 aliphatic heterocycles. The SMILES string of the molecule is Br.CCN1C[C@]2(C[C@@H](O)C2)n2cc(C(=O)NCc3ccc(F)cc3F)c(=O)c(O)c2C1=O. The zero-order valence-electron chi connectivity index (χ0n) is 17.1. The quantitative estimate of drug-likeness (QED) is 0.575. The second-order valence-electron chi connectivity index (χ2n) is 7.96. The molecule has 32 heavy (non-hydrogen) atoms. The number of aromatic nitrogens is 1. The van der Waals surface area contributed by atoms with Crippen LogP contribution in [0.5, 0.6) is 5.75 Å². The van der Waals surface area contributed by atoms with Crippen molar-refractivity contribution in [3.63, 3.8) is 0 Å². The summed E-state index contributed by atoms with van der Waals surface area (Å²) in [6, 6.07) is 2.89. The fourth-order valence-electron chi connectivity index (χ4n) is 4.33. The molecule has 0 saturated heterocycles. The summed E-state index contributed by atoms with van der Waals surface area (Å²) in [6.45, 7) is 2.09. The first kappa shape index (κ1) is 23.9. The van der Waals surface area contributed by atoms with Gasteiger partial charge in [0.2, 0.25) is 5.43 Å². The molecule has 3 N–H and O–H groups in total. The lowest BCUT2D eigenvalue weighted by molar-refractivity contribution is -0.0481. The topological polar surface area (TPSA) is 112 Å². The van der Waals surface area contributed by atoms with Gasteiger partial charge in [0.05, 0.1) is 11.6 Å².